The molecule has 0 radical (unpaired) electrons. The first-order chi connectivity index (χ1) is 7.81. The van der Waals surface area contributed by atoms with E-state index < -0.39 is 0 Å². The van der Waals surface area contributed by atoms with Gasteiger partial charge in [0.2, 0.25) is 0 Å². The Morgan fingerprint density at radius 3 is 2.38 bits per heavy atom. The van der Waals surface area contributed by atoms with E-state index in [1.807, 2.05) is 12.1 Å². The maximum absolute atomic E-state index is 9.29. The highest BCUT2D eigenvalue weighted by molar-refractivity contribution is 5.71. The van der Waals surface area contributed by atoms with Gasteiger partial charge in [0, 0.05) is 5.92 Å². The van der Waals surface area contributed by atoms with Crippen molar-refractivity contribution in [2.45, 2.75) is 13.3 Å². The van der Waals surface area contributed by atoms with Crippen LogP contribution in [0.3, 0.4) is 0 Å². The Morgan fingerprint density at radius 2 is 1.81 bits per heavy atom. The molecule has 1 aliphatic carbocycles. The van der Waals surface area contributed by atoms with Crippen LogP contribution in [-0.4, -0.2) is 5.11 Å². The number of hydrogen-bond acceptors (Lipinski definition) is 1. The Bertz CT molecular complexity index is 423. The van der Waals surface area contributed by atoms with E-state index in [9.17, 15) is 5.11 Å². The number of benzene rings is 1. The molecule has 16 heavy (non-hydrogen) atoms. The van der Waals surface area contributed by atoms with E-state index in [-0.39, 0.29) is 0 Å². The number of hydrogen-bond donors (Lipinski definition) is 1. The molecule has 0 spiro atoms. The molecule has 1 aromatic rings. The number of phenolic OH excluding ortho intramolecular Hbond substituents is 1. The Kier molecular flexibility index (Phi) is 3.25. The average molecular weight is 212 g/mol. The lowest BCUT2D eigenvalue weighted by atomic mass is 9.92. The third-order valence-electron chi connectivity index (χ3n) is 2.73. The van der Waals surface area contributed by atoms with Crippen molar-refractivity contribution in [1.82, 2.24) is 0 Å². The smallest absolute Gasteiger partial charge is 0.115 e. The van der Waals surface area contributed by atoms with Gasteiger partial charge in [-0.05, 0) is 29.7 Å². The van der Waals surface area contributed by atoms with Crippen molar-refractivity contribution < 1.29 is 5.11 Å². The Labute approximate surface area is 96.4 Å². The summed E-state index contributed by atoms with van der Waals surface area (Å²) in [5.74, 6) is 0.696. The number of phenols is 1. The van der Waals surface area contributed by atoms with Crippen LogP contribution in [0.15, 0.2) is 54.6 Å². The first kappa shape index (κ1) is 10.7. The van der Waals surface area contributed by atoms with Crippen LogP contribution < -0.4 is 0 Å². The molecule has 0 heterocycles. The first-order valence-electron chi connectivity index (χ1n) is 5.65. The van der Waals surface area contributed by atoms with Gasteiger partial charge in [0.25, 0.3) is 0 Å². The average Bonchev–Trinajstić information content (AvgIpc) is 2.81. The zero-order chi connectivity index (χ0) is 11.4. The summed E-state index contributed by atoms with van der Waals surface area (Å²) < 4.78 is 0. The Morgan fingerprint density at radius 1 is 1.19 bits per heavy atom. The fraction of sp³-hybridized carbons (Fsp3) is 0.200. The second kappa shape index (κ2) is 4.84. The van der Waals surface area contributed by atoms with Gasteiger partial charge in [0.15, 0.2) is 0 Å². The minimum Gasteiger partial charge on any atom is -0.508 e. The molecule has 0 aliphatic heterocycles. The monoisotopic (exact) mass is 212 g/mol. The third-order valence-corrected chi connectivity index (χ3v) is 2.73. The van der Waals surface area contributed by atoms with Gasteiger partial charge in [0.1, 0.15) is 5.75 Å². The van der Waals surface area contributed by atoms with Crippen molar-refractivity contribution in [3.05, 3.63) is 60.2 Å². The zero-order valence-electron chi connectivity index (χ0n) is 9.43. The molecular weight excluding hydrogens is 196 g/mol. The van der Waals surface area contributed by atoms with E-state index in [2.05, 4.69) is 37.3 Å². The van der Waals surface area contributed by atoms with Crippen LogP contribution >= 0.6 is 0 Å². The highest BCUT2D eigenvalue weighted by Gasteiger charge is 2.11. The van der Waals surface area contributed by atoms with Gasteiger partial charge in [-0.2, -0.15) is 0 Å². The van der Waals surface area contributed by atoms with Gasteiger partial charge >= 0.3 is 0 Å². The molecule has 0 atom stereocenters. The summed E-state index contributed by atoms with van der Waals surface area (Å²) in [6.07, 6.45) is 11.8. The summed E-state index contributed by atoms with van der Waals surface area (Å²) in [6, 6.07) is 7.41. The molecule has 0 unspecified atom stereocenters. The molecule has 0 bridgehead atoms. The second-order valence-corrected chi connectivity index (χ2v) is 3.91. The standard InChI is InChI=1S/C15H16O/c1-2-5-15(12-6-3-4-7-12)13-8-10-14(16)11-9-13/h3-12,16H,2H2,1H3. The minimum absolute atomic E-state index is 0.317. The highest BCUT2D eigenvalue weighted by Crippen LogP contribution is 2.29. The summed E-state index contributed by atoms with van der Waals surface area (Å²) >= 11 is 0. The number of aromatic hydroxyl groups is 1. The molecule has 0 saturated carbocycles. The topological polar surface area (TPSA) is 20.2 Å². The summed E-state index contributed by atoms with van der Waals surface area (Å²) in [6.45, 7) is 2.14. The fourth-order valence-corrected chi connectivity index (χ4v) is 1.96. The van der Waals surface area contributed by atoms with Crippen LogP contribution in [-0.2, 0) is 0 Å². The van der Waals surface area contributed by atoms with E-state index in [1.54, 1.807) is 12.1 Å². The van der Waals surface area contributed by atoms with Crippen LogP contribution in [0.4, 0.5) is 0 Å². The Balaban J connectivity index is 2.33. The lowest BCUT2D eigenvalue weighted by molar-refractivity contribution is 0.475. The van der Waals surface area contributed by atoms with Gasteiger partial charge in [0.05, 0.1) is 0 Å². The number of rotatable bonds is 3. The molecule has 0 aromatic heterocycles. The van der Waals surface area contributed by atoms with Crippen LogP contribution in [0, 0.1) is 5.92 Å². The van der Waals surface area contributed by atoms with Crippen LogP contribution in [0.2, 0.25) is 0 Å². The van der Waals surface area contributed by atoms with E-state index in [1.165, 1.54) is 11.1 Å². The molecule has 0 amide bonds. The summed E-state index contributed by atoms with van der Waals surface area (Å²) in [4.78, 5) is 0. The van der Waals surface area contributed by atoms with E-state index in [4.69, 9.17) is 0 Å². The van der Waals surface area contributed by atoms with E-state index >= 15 is 0 Å². The van der Waals surface area contributed by atoms with Gasteiger partial charge in [-0.3, -0.25) is 0 Å². The fourth-order valence-electron chi connectivity index (χ4n) is 1.96. The van der Waals surface area contributed by atoms with E-state index in [0.717, 1.165) is 6.42 Å². The molecule has 0 saturated heterocycles. The molecule has 82 valence electrons. The molecule has 1 N–H and O–H groups in total. The molecule has 1 aromatic carbocycles. The summed E-state index contributed by atoms with van der Waals surface area (Å²) in [7, 11) is 0. The predicted molar refractivity (Wildman–Crippen MR) is 68.1 cm³/mol. The number of allylic oxidation sites excluding steroid dienone is 6. The van der Waals surface area contributed by atoms with Gasteiger partial charge in [-0.25, -0.2) is 0 Å². The van der Waals surface area contributed by atoms with Crippen molar-refractivity contribution in [2.24, 2.45) is 5.92 Å². The van der Waals surface area contributed by atoms with Crippen LogP contribution in [0.5, 0.6) is 5.75 Å². The van der Waals surface area contributed by atoms with Crippen molar-refractivity contribution in [3.63, 3.8) is 0 Å². The maximum Gasteiger partial charge on any atom is 0.115 e. The third kappa shape index (κ3) is 2.25. The second-order valence-electron chi connectivity index (χ2n) is 3.91. The summed E-state index contributed by atoms with van der Waals surface area (Å²) in [5.41, 5.74) is 2.49. The molecule has 2 rings (SSSR count). The maximum atomic E-state index is 9.29. The Hall–Kier alpha value is -1.76. The molecule has 1 nitrogen and oxygen atoms in total. The lowest BCUT2D eigenvalue weighted by Crippen LogP contribution is -1.95. The van der Waals surface area contributed by atoms with Crippen molar-refractivity contribution in [2.75, 3.05) is 0 Å². The molecule has 1 heteroatoms. The van der Waals surface area contributed by atoms with E-state index in [0.29, 0.717) is 11.7 Å². The predicted octanol–water partition coefficient (Wildman–Crippen LogP) is 3.93. The van der Waals surface area contributed by atoms with Gasteiger partial charge in [-0.15, -0.1) is 0 Å². The molecular formula is C15H16O. The summed E-state index contributed by atoms with van der Waals surface area (Å²) in [5, 5.41) is 9.29. The van der Waals surface area contributed by atoms with Crippen LogP contribution in [0.25, 0.3) is 5.57 Å². The first-order valence-corrected chi connectivity index (χ1v) is 5.65. The minimum atomic E-state index is 0.317. The van der Waals surface area contributed by atoms with Crippen molar-refractivity contribution in [3.8, 4) is 5.75 Å². The van der Waals surface area contributed by atoms with Crippen molar-refractivity contribution >= 4 is 5.57 Å². The van der Waals surface area contributed by atoms with Crippen LogP contribution in [0.1, 0.15) is 18.9 Å². The van der Waals surface area contributed by atoms with Crippen molar-refractivity contribution in [1.29, 1.82) is 0 Å². The SMILES string of the molecule is CCC=C(c1ccc(O)cc1)C1C=CC=C1. The quantitative estimate of drug-likeness (QED) is 0.805. The molecule has 1 aliphatic rings. The highest BCUT2D eigenvalue weighted by atomic mass is 16.3. The van der Waals surface area contributed by atoms with Gasteiger partial charge < -0.3 is 5.11 Å². The normalized spacial score (nSPS) is 15.9. The zero-order valence-corrected chi connectivity index (χ0v) is 9.43. The van der Waals surface area contributed by atoms with Gasteiger partial charge in [-0.1, -0.05) is 49.4 Å². The molecule has 0 fully saturated rings. The largest absolute Gasteiger partial charge is 0.508 e. The lowest BCUT2D eigenvalue weighted by Gasteiger charge is -2.12.